The summed E-state index contributed by atoms with van der Waals surface area (Å²) in [6.07, 6.45) is 5.28. The van der Waals surface area contributed by atoms with E-state index in [4.69, 9.17) is 0 Å². The van der Waals surface area contributed by atoms with Crippen molar-refractivity contribution in [2.24, 2.45) is 0 Å². The number of para-hydroxylation sites is 1. The second-order valence-electron chi connectivity index (χ2n) is 6.67. The molecule has 2 heterocycles. The lowest BCUT2D eigenvalue weighted by atomic mass is 10.1. The second kappa shape index (κ2) is 11.1. The van der Waals surface area contributed by atoms with Crippen LogP contribution in [0.25, 0.3) is 10.9 Å². The standard InChI is InChI=1S/C20H28FN3.C2H6/c1-2-3-4-7-10-23-11-13-24(14-12-23)20-15-17(16-21)22-19-9-6-5-8-18(19)20;1-2/h5-6,8-9,15H,2-4,7,10-14,16H2,1H3;1-2H3. The molecular weight excluding hydrogens is 325 g/mol. The number of unbranched alkanes of at least 4 members (excludes halogenated alkanes) is 3. The van der Waals surface area contributed by atoms with Gasteiger partial charge in [0, 0.05) is 37.3 Å². The van der Waals surface area contributed by atoms with Gasteiger partial charge in [-0.3, -0.25) is 4.90 Å². The number of pyridine rings is 1. The molecule has 0 unspecified atom stereocenters. The minimum atomic E-state index is -0.505. The van der Waals surface area contributed by atoms with Gasteiger partial charge in [0.2, 0.25) is 0 Å². The highest BCUT2D eigenvalue weighted by atomic mass is 19.1. The van der Waals surface area contributed by atoms with Gasteiger partial charge in [0.15, 0.2) is 0 Å². The number of piperazine rings is 1. The number of nitrogens with zero attached hydrogens (tertiary/aromatic N) is 3. The average molecular weight is 360 g/mol. The Labute approximate surface area is 158 Å². The number of benzene rings is 1. The Morgan fingerprint density at radius 2 is 1.73 bits per heavy atom. The highest BCUT2D eigenvalue weighted by molar-refractivity contribution is 5.92. The van der Waals surface area contributed by atoms with Crippen LogP contribution in [0.3, 0.4) is 0 Å². The zero-order chi connectivity index (χ0) is 18.8. The Morgan fingerprint density at radius 1 is 1.00 bits per heavy atom. The average Bonchev–Trinajstić information content (AvgIpc) is 2.72. The number of hydrogen-bond donors (Lipinski definition) is 0. The first kappa shape index (κ1) is 20.6. The van der Waals surface area contributed by atoms with Gasteiger partial charge in [-0.15, -0.1) is 0 Å². The predicted molar refractivity (Wildman–Crippen MR) is 111 cm³/mol. The zero-order valence-corrected chi connectivity index (χ0v) is 16.7. The maximum atomic E-state index is 13.2. The van der Waals surface area contributed by atoms with E-state index in [-0.39, 0.29) is 0 Å². The van der Waals surface area contributed by atoms with Crippen LogP contribution in [0, 0.1) is 0 Å². The molecule has 4 heteroatoms. The fourth-order valence-corrected chi connectivity index (χ4v) is 3.51. The van der Waals surface area contributed by atoms with Gasteiger partial charge in [-0.2, -0.15) is 0 Å². The van der Waals surface area contributed by atoms with Crippen molar-refractivity contribution in [1.29, 1.82) is 0 Å². The van der Waals surface area contributed by atoms with Gasteiger partial charge in [0.25, 0.3) is 0 Å². The van der Waals surface area contributed by atoms with Crippen molar-refractivity contribution in [2.75, 3.05) is 37.6 Å². The predicted octanol–water partition coefficient (Wildman–Crippen LogP) is 5.43. The minimum Gasteiger partial charge on any atom is -0.368 e. The van der Waals surface area contributed by atoms with Crippen LogP contribution in [0.1, 0.15) is 52.1 Å². The number of hydrogen-bond acceptors (Lipinski definition) is 3. The number of fused-ring (bicyclic) bond motifs is 1. The highest BCUT2D eigenvalue weighted by Gasteiger charge is 2.19. The first-order valence-electron chi connectivity index (χ1n) is 10.2. The van der Waals surface area contributed by atoms with E-state index in [1.807, 2.05) is 38.1 Å². The summed E-state index contributed by atoms with van der Waals surface area (Å²) in [5.41, 5.74) is 2.56. The topological polar surface area (TPSA) is 19.4 Å². The molecule has 0 spiro atoms. The summed E-state index contributed by atoms with van der Waals surface area (Å²) >= 11 is 0. The third-order valence-electron chi connectivity index (χ3n) is 4.93. The van der Waals surface area contributed by atoms with Crippen LogP contribution in [0.2, 0.25) is 0 Å². The molecular formula is C22H34FN3. The number of halogens is 1. The summed E-state index contributed by atoms with van der Waals surface area (Å²) in [4.78, 5) is 9.37. The Balaban J connectivity index is 0.00000117. The monoisotopic (exact) mass is 359 g/mol. The molecule has 0 N–H and O–H groups in total. The van der Waals surface area contributed by atoms with Crippen molar-refractivity contribution in [3.63, 3.8) is 0 Å². The number of aromatic nitrogens is 1. The molecule has 1 aliphatic heterocycles. The van der Waals surface area contributed by atoms with Gasteiger partial charge >= 0.3 is 0 Å². The molecule has 1 fully saturated rings. The van der Waals surface area contributed by atoms with Crippen LogP contribution in [0.15, 0.2) is 30.3 Å². The molecule has 0 bridgehead atoms. The first-order chi connectivity index (χ1) is 12.8. The number of anilines is 1. The van der Waals surface area contributed by atoms with Crippen molar-refractivity contribution in [2.45, 2.75) is 53.1 Å². The lowest BCUT2D eigenvalue weighted by Crippen LogP contribution is -2.46. The smallest absolute Gasteiger partial charge is 0.132 e. The van der Waals surface area contributed by atoms with Crippen LogP contribution < -0.4 is 4.90 Å². The number of alkyl halides is 1. The lowest BCUT2D eigenvalue weighted by molar-refractivity contribution is 0.252. The summed E-state index contributed by atoms with van der Waals surface area (Å²) in [7, 11) is 0. The van der Waals surface area contributed by atoms with E-state index in [0.717, 1.165) is 42.8 Å². The van der Waals surface area contributed by atoms with E-state index in [9.17, 15) is 4.39 Å². The molecule has 26 heavy (non-hydrogen) atoms. The van der Waals surface area contributed by atoms with Gasteiger partial charge in [0.1, 0.15) is 6.67 Å². The van der Waals surface area contributed by atoms with Gasteiger partial charge in [-0.1, -0.05) is 58.2 Å². The second-order valence-corrected chi connectivity index (χ2v) is 6.67. The Morgan fingerprint density at radius 3 is 2.42 bits per heavy atom. The number of rotatable bonds is 7. The molecule has 0 amide bonds. The van der Waals surface area contributed by atoms with E-state index in [1.54, 1.807) is 0 Å². The maximum absolute atomic E-state index is 13.2. The van der Waals surface area contributed by atoms with E-state index >= 15 is 0 Å². The molecule has 3 rings (SSSR count). The molecule has 0 saturated carbocycles. The Hall–Kier alpha value is -1.68. The molecule has 0 radical (unpaired) electrons. The van der Waals surface area contributed by atoms with Crippen LogP contribution in [-0.4, -0.2) is 42.6 Å². The highest BCUT2D eigenvalue weighted by Crippen LogP contribution is 2.28. The molecule has 0 atom stereocenters. The summed E-state index contributed by atoms with van der Waals surface area (Å²) in [6, 6.07) is 10.00. The molecule has 2 aromatic rings. The normalized spacial score (nSPS) is 15.0. The van der Waals surface area contributed by atoms with Crippen molar-refractivity contribution < 1.29 is 4.39 Å². The van der Waals surface area contributed by atoms with E-state index in [1.165, 1.54) is 32.2 Å². The van der Waals surface area contributed by atoms with Crippen LogP contribution in [-0.2, 0) is 6.67 Å². The fraction of sp³-hybridized carbons (Fsp3) is 0.591. The molecule has 1 aliphatic rings. The quantitative estimate of drug-likeness (QED) is 0.614. The summed E-state index contributed by atoms with van der Waals surface area (Å²) in [5.74, 6) is 0. The van der Waals surface area contributed by atoms with Crippen molar-refractivity contribution >= 4 is 16.6 Å². The van der Waals surface area contributed by atoms with E-state index in [0.29, 0.717) is 5.69 Å². The van der Waals surface area contributed by atoms with E-state index < -0.39 is 6.67 Å². The summed E-state index contributed by atoms with van der Waals surface area (Å²) in [5, 5.41) is 1.13. The molecule has 0 aliphatic carbocycles. The van der Waals surface area contributed by atoms with Gasteiger partial charge < -0.3 is 4.90 Å². The molecule has 1 aromatic heterocycles. The molecule has 1 aromatic carbocycles. The van der Waals surface area contributed by atoms with Crippen molar-refractivity contribution in [3.05, 3.63) is 36.0 Å². The lowest BCUT2D eigenvalue weighted by Gasteiger charge is -2.36. The SMILES string of the molecule is CC.CCCCCCN1CCN(c2cc(CF)nc3ccccc23)CC1. The third kappa shape index (κ3) is 5.41. The Kier molecular flexibility index (Phi) is 8.82. The minimum absolute atomic E-state index is 0.505. The molecule has 3 nitrogen and oxygen atoms in total. The summed E-state index contributed by atoms with van der Waals surface area (Å²) < 4.78 is 13.2. The van der Waals surface area contributed by atoms with Crippen LogP contribution in [0.4, 0.5) is 10.1 Å². The van der Waals surface area contributed by atoms with Gasteiger partial charge in [-0.25, -0.2) is 9.37 Å². The van der Waals surface area contributed by atoms with Gasteiger partial charge in [0.05, 0.1) is 11.2 Å². The fourth-order valence-electron chi connectivity index (χ4n) is 3.51. The van der Waals surface area contributed by atoms with Crippen molar-refractivity contribution in [3.8, 4) is 0 Å². The first-order valence-corrected chi connectivity index (χ1v) is 10.2. The molecule has 144 valence electrons. The third-order valence-corrected chi connectivity index (χ3v) is 4.93. The van der Waals surface area contributed by atoms with Crippen LogP contribution >= 0.6 is 0 Å². The Bertz CT molecular complexity index is 651. The van der Waals surface area contributed by atoms with Gasteiger partial charge in [-0.05, 0) is 25.1 Å². The largest absolute Gasteiger partial charge is 0.368 e. The van der Waals surface area contributed by atoms with E-state index in [2.05, 4.69) is 27.8 Å². The summed E-state index contributed by atoms with van der Waals surface area (Å²) in [6.45, 7) is 11.2. The zero-order valence-electron chi connectivity index (χ0n) is 16.7. The molecule has 1 saturated heterocycles. The maximum Gasteiger partial charge on any atom is 0.132 e. The van der Waals surface area contributed by atoms with Crippen molar-refractivity contribution in [1.82, 2.24) is 9.88 Å². The van der Waals surface area contributed by atoms with Crippen LogP contribution in [0.5, 0.6) is 0 Å².